The number of hydrogen-bond donors (Lipinski definition) is 3. The molecule has 2 aromatic carbocycles. The zero-order chi connectivity index (χ0) is 10.4. The Bertz CT molecular complexity index is 600. The van der Waals surface area contributed by atoms with Gasteiger partial charge in [-0.2, -0.15) is 0 Å². The second-order valence-corrected chi connectivity index (χ2v) is 3.57. The molecule has 15 heavy (non-hydrogen) atoms. The van der Waals surface area contributed by atoms with Gasteiger partial charge in [-0.15, -0.1) is 0 Å². The summed E-state index contributed by atoms with van der Waals surface area (Å²) >= 11 is 0. The van der Waals surface area contributed by atoms with E-state index in [0.29, 0.717) is 10.8 Å². The van der Waals surface area contributed by atoms with Gasteiger partial charge in [-0.1, -0.05) is 24.3 Å². The summed E-state index contributed by atoms with van der Waals surface area (Å²) < 4.78 is 0. The summed E-state index contributed by atoms with van der Waals surface area (Å²) in [7, 11) is 0. The number of hydrogen-bond acceptors (Lipinski definition) is 2. The molecular weight excluding hydrogens is 190 g/mol. The van der Waals surface area contributed by atoms with Gasteiger partial charge >= 0.3 is 0 Å². The van der Waals surface area contributed by atoms with Gasteiger partial charge in [-0.3, -0.25) is 4.98 Å². The molecule has 3 rings (SSSR count). The topological polar surface area (TPSA) is 56.2 Å². The van der Waals surface area contributed by atoms with E-state index in [1.54, 1.807) is 0 Å². The number of rotatable bonds is 0. The van der Waals surface area contributed by atoms with E-state index in [-0.39, 0.29) is 11.8 Å². The number of aromatic hydroxyl groups is 2. The maximum atomic E-state index is 9.54. The standard InChI is InChI=1S/C12H9NO2/c14-11-9-5-7-3-1-2-4-8(7)6-10(9)12(15)13-11/h1-6,13-15H. The summed E-state index contributed by atoms with van der Waals surface area (Å²) in [5.74, 6) is 0.0153. The van der Waals surface area contributed by atoms with E-state index in [4.69, 9.17) is 0 Å². The van der Waals surface area contributed by atoms with Crippen molar-refractivity contribution in [2.24, 2.45) is 0 Å². The summed E-state index contributed by atoms with van der Waals surface area (Å²) in [4.78, 5) is 2.50. The normalized spacial score (nSPS) is 11.2. The van der Waals surface area contributed by atoms with Crippen LogP contribution in [-0.2, 0) is 0 Å². The van der Waals surface area contributed by atoms with E-state index >= 15 is 0 Å². The molecule has 0 radical (unpaired) electrons. The first kappa shape index (κ1) is 8.17. The Morgan fingerprint density at radius 1 is 0.800 bits per heavy atom. The van der Waals surface area contributed by atoms with E-state index in [9.17, 15) is 10.2 Å². The van der Waals surface area contributed by atoms with E-state index in [1.807, 2.05) is 36.4 Å². The molecule has 3 heteroatoms. The number of benzene rings is 2. The molecule has 3 N–H and O–H groups in total. The summed E-state index contributed by atoms with van der Waals surface area (Å²) in [6, 6.07) is 11.5. The molecule has 0 saturated carbocycles. The molecule has 0 fully saturated rings. The van der Waals surface area contributed by atoms with E-state index < -0.39 is 0 Å². The minimum Gasteiger partial charge on any atom is -0.494 e. The van der Waals surface area contributed by atoms with Crippen LogP contribution in [0.5, 0.6) is 11.8 Å². The van der Waals surface area contributed by atoms with Gasteiger partial charge in [0, 0.05) is 10.8 Å². The van der Waals surface area contributed by atoms with Crippen molar-refractivity contribution in [3.63, 3.8) is 0 Å². The second kappa shape index (κ2) is 2.67. The third-order valence-electron chi connectivity index (χ3n) is 2.63. The highest BCUT2D eigenvalue weighted by molar-refractivity contribution is 6.03. The molecule has 1 aromatic heterocycles. The first-order valence-electron chi connectivity index (χ1n) is 4.68. The highest BCUT2D eigenvalue weighted by Gasteiger charge is 2.09. The lowest BCUT2D eigenvalue weighted by Crippen LogP contribution is -1.72. The lowest BCUT2D eigenvalue weighted by molar-refractivity contribution is 0.429. The van der Waals surface area contributed by atoms with E-state index in [1.165, 1.54) is 0 Å². The van der Waals surface area contributed by atoms with E-state index in [2.05, 4.69) is 4.98 Å². The second-order valence-electron chi connectivity index (χ2n) is 3.57. The minimum absolute atomic E-state index is 0.00764. The lowest BCUT2D eigenvalue weighted by atomic mass is 10.1. The van der Waals surface area contributed by atoms with Gasteiger partial charge in [0.05, 0.1) is 0 Å². The molecule has 0 bridgehead atoms. The number of fused-ring (bicyclic) bond motifs is 2. The predicted octanol–water partition coefficient (Wildman–Crippen LogP) is 2.73. The van der Waals surface area contributed by atoms with Crippen LogP contribution in [0.2, 0.25) is 0 Å². The van der Waals surface area contributed by atoms with Crippen molar-refractivity contribution in [3.05, 3.63) is 36.4 Å². The minimum atomic E-state index is 0.00764. The molecule has 0 spiro atoms. The van der Waals surface area contributed by atoms with Gasteiger partial charge in [0.1, 0.15) is 0 Å². The molecule has 1 heterocycles. The van der Waals surface area contributed by atoms with Gasteiger partial charge in [-0.05, 0) is 22.9 Å². The number of aromatic nitrogens is 1. The van der Waals surface area contributed by atoms with Crippen molar-refractivity contribution < 1.29 is 10.2 Å². The molecule has 0 aliphatic heterocycles. The maximum Gasteiger partial charge on any atom is 0.199 e. The van der Waals surface area contributed by atoms with Crippen LogP contribution < -0.4 is 0 Å². The van der Waals surface area contributed by atoms with Crippen LogP contribution in [0.1, 0.15) is 0 Å². The summed E-state index contributed by atoms with van der Waals surface area (Å²) in [6.45, 7) is 0. The summed E-state index contributed by atoms with van der Waals surface area (Å²) in [6.07, 6.45) is 0. The van der Waals surface area contributed by atoms with Crippen LogP contribution in [0.3, 0.4) is 0 Å². The van der Waals surface area contributed by atoms with E-state index in [0.717, 1.165) is 10.8 Å². The average Bonchev–Trinajstić information content (AvgIpc) is 2.52. The molecule has 0 aliphatic carbocycles. The largest absolute Gasteiger partial charge is 0.494 e. The van der Waals surface area contributed by atoms with Crippen molar-refractivity contribution in [1.82, 2.24) is 4.98 Å². The molecule has 0 unspecified atom stereocenters. The Hall–Kier alpha value is -2.16. The van der Waals surface area contributed by atoms with Crippen molar-refractivity contribution in [1.29, 1.82) is 0 Å². The number of aromatic amines is 1. The van der Waals surface area contributed by atoms with Crippen LogP contribution in [-0.4, -0.2) is 15.2 Å². The third-order valence-corrected chi connectivity index (χ3v) is 2.63. The quantitative estimate of drug-likeness (QED) is 0.521. The van der Waals surface area contributed by atoms with Gasteiger partial charge < -0.3 is 10.2 Å². The zero-order valence-electron chi connectivity index (χ0n) is 7.86. The van der Waals surface area contributed by atoms with Crippen LogP contribution >= 0.6 is 0 Å². The molecule has 3 nitrogen and oxygen atoms in total. The fourth-order valence-electron chi connectivity index (χ4n) is 1.88. The molecule has 0 saturated heterocycles. The van der Waals surface area contributed by atoms with Crippen LogP contribution in [0, 0.1) is 0 Å². The van der Waals surface area contributed by atoms with Crippen molar-refractivity contribution in [2.75, 3.05) is 0 Å². The fourth-order valence-corrected chi connectivity index (χ4v) is 1.88. The summed E-state index contributed by atoms with van der Waals surface area (Å²) in [5, 5.41) is 22.4. The Labute approximate surface area is 85.6 Å². The SMILES string of the molecule is Oc1[nH]c(O)c2cc3ccccc3cc12. The van der Waals surface area contributed by atoms with Gasteiger partial charge in [0.2, 0.25) is 0 Å². The highest BCUT2D eigenvalue weighted by Crippen LogP contribution is 2.34. The Balaban J connectivity index is 2.55. The van der Waals surface area contributed by atoms with Gasteiger partial charge in [-0.25, -0.2) is 0 Å². The predicted molar refractivity (Wildman–Crippen MR) is 59.1 cm³/mol. The van der Waals surface area contributed by atoms with Gasteiger partial charge in [0.25, 0.3) is 0 Å². The fraction of sp³-hybridized carbons (Fsp3) is 0. The van der Waals surface area contributed by atoms with Crippen molar-refractivity contribution in [3.8, 4) is 11.8 Å². The molecule has 0 atom stereocenters. The van der Waals surface area contributed by atoms with Crippen molar-refractivity contribution in [2.45, 2.75) is 0 Å². The Morgan fingerprint density at radius 2 is 1.27 bits per heavy atom. The lowest BCUT2D eigenvalue weighted by Gasteiger charge is -1.97. The van der Waals surface area contributed by atoms with Crippen LogP contribution in [0.15, 0.2) is 36.4 Å². The van der Waals surface area contributed by atoms with Crippen molar-refractivity contribution >= 4 is 21.5 Å². The average molecular weight is 199 g/mol. The molecule has 74 valence electrons. The number of H-pyrrole nitrogens is 1. The van der Waals surface area contributed by atoms with Crippen LogP contribution in [0.25, 0.3) is 21.5 Å². The summed E-state index contributed by atoms with van der Waals surface area (Å²) in [5.41, 5.74) is 0. The third kappa shape index (κ3) is 1.06. The maximum absolute atomic E-state index is 9.54. The number of nitrogens with one attached hydrogen (secondary N) is 1. The first-order valence-corrected chi connectivity index (χ1v) is 4.68. The molecule has 0 amide bonds. The Morgan fingerprint density at radius 3 is 1.73 bits per heavy atom. The zero-order valence-corrected chi connectivity index (χ0v) is 7.86. The Kier molecular flexibility index (Phi) is 1.45. The monoisotopic (exact) mass is 199 g/mol. The smallest absolute Gasteiger partial charge is 0.199 e. The first-order chi connectivity index (χ1) is 7.25. The molecule has 0 aliphatic rings. The van der Waals surface area contributed by atoms with Crippen LogP contribution in [0.4, 0.5) is 0 Å². The molecular formula is C12H9NO2. The van der Waals surface area contributed by atoms with Gasteiger partial charge in [0.15, 0.2) is 11.8 Å². The highest BCUT2D eigenvalue weighted by atomic mass is 16.3. The molecule has 3 aromatic rings.